The van der Waals surface area contributed by atoms with Crippen molar-refractivity contribution in [1.82, 2.24) is 14.9 Å². The summed E-state index contributed by atoms with van der Waals surface area (Å²) in [5, 5.41) is 2.75. The number of rotatable bonds is 7. The van der Waals surface area contributed by atoms with Gasteiger partial charge in [0.25, 0.3) is 0 Å². The van der Waals surface area contributed by atoms with Gasteiger partial charge in [0.05, 0.1) is 19.0 Å². The molecular formula is C15H27N3O3. The number of alkyl carbamates (subject to hydrolysis) is 1. The Morgan fingerprint density at radius 2 is 2.19 bits per heavy atom. The van der Waals surface area contributed by atoms with Crippen LogP contribution in [0.2, 0.25) is 0 Å². The fourth-order valence-electron chi connectivity index (χ4n) is 1.90. The molecule has 0 aliphatic heterocycles. The summed E-state index contributed by atoms with van der Waals surface area (Å²) in [6.45, 7) is 11.5. The number of hydrogen-bond acceptors (Lipinski definition) is 4. The molecule has 1 aromatic rings. The Kier molecular flexibility index (Phi) is 6.68. The van der Waals surface area contributed by atoms with E-state index >= 15 is 0 Å². The zero-order valence-electron chi connectivity index (χ0n) is 13.7. The summed E-state index contributed by atoms with van der Waals surface area (Å²) in [5.41, 5.74) is 0.593. The van der Waals surface area contributed by atoms with Crippen LogP contribution in [0.4, 0.5) is 4.79 Å². The van der Waals surface area contributed by atoms with Gasteiger partial charge in [-0.25, -0.2) is 9.78 Å². The van der Waals surface area contributed by atoms with Gasteiger partial charge in [0.2, 0.25) is 0 Å². The average Bonchev–Trinajstić information content (AvgIpc) is 2.82. The molecule has 0 fully saturated rings. The van der Waals surface area contributed by atoms with E-state index in [1.54, 1.807) is 6.33 Å². The number of hydrogen-bond donors (Lipinski definition) is 1. The Morgan fingerprint density at radius 1 is 1.48 bits per heavy atom. The van der Waals surface area contributed by atoms with E-state index in [1.165, 1.54) is 0 Å². The lowest BCUT2D eigenvalue weighted by atomic mass is 10.2. The van der Waals surface area contributed by atoms with E-state index < -0.39 is 11.7 Å². The summed E-state index contributed by atoms with van der Waals surface area (Å²) in [6, 6.07) is 0.226. The number of ether oxygens (including phenoxy) is 2. The molecule has 0 saturated carbocycles. The number of amides is 1. The summed E-state index contributed by atoms with van der Waals surface area (Å²) < 4.78 is 12.7. The van der Waals surface area contributed by atoms with Crippen LogP contribution < -0.4 is 5.32 Å². The molecule has 0 saturated heterocycles. The summed E-state index contributed by atoms with van der Waals surface area (Å²) in [6.07, 6.45) is 3.93. The van der Waals surface area contributed by atoms with Gasteiger partial charge in [0.1, 0.15) is 5.60 Å². The lowest BCUT2D eigenvalue weighted by Crippen LogP contribution is -2.33. The molecule has 0 aliphatic rings. The molecule has 0 aromatic carbocycles. The highest BCUT2D eigenvalue weighted by atomic mass is 16.6. The third-order valence-corrected chi connectivity index (χ3v) is 2.83. The lowest BCUT2D eigenvalue weighted by molar-refractivity contribution is 0.0528. The fourth-order valence-corrected chi connectivity index (χ4v) is 1.90. The summed E-state index contributed by atoms with van der Waals surface area (Å²) in [4.78, 5) is 15.7. The van der Waals surface area contributed by atoms with Gasteiger partial charge < -0.3 is 19.4 Å². The van der Waals surface area contributed by atoms with Crippen molar-refractivity contribution in [3.8, 4) is 0 Å². The molecule has 0 bridgehead atoms. The van der Waals surface area contributed by atoms with E-state index in [0.29, 0.717) is 26.2 Å². The van der Waals surface area contributed by atoms with Gasteiger partial charge in [0, 0.05) is 31.5 Å². The zero-order valence-corrected chi connectivity index (χ0v) is 13.7. The highest BCUT2D eigenvalue weighted by molar-refractivity contribution is 5.67. The minimum atomic E-state index is -0.474. The fraction of sp³-hybridized carbons (Fsp3) is 0.733. The van der Waals surface area contributed by atoms with Crippen LogP contribution in [-0.4, -0.2) is 41.0 Å². The van der Waals surface area contributed by atoms with Gasteiger partial charge in [-0.3, -0.25) is 0 Å². The topological polar surface area (TPSA) is 65.4 Å². The van der Waals surface area contributed by atoms with Crippen molar-refractivity contribution >= 4 is 6.09 Å². The molecule has 0 spiro atoms. The van der Waals surface area contributed by atoms with Crippen molar-refractivity contribution < 1.29 is 14.3 Å². The van der Waals surface area contributed by atoms with Gasteiger partial charge in [-0.1, -0.05) is 0 Å². The Balaban J connectivity index is 2.42. The van der Waals surface area contributed by atoms with Crippen LogP contribution in [0.5, 0.6) is 0 Å². The number of nitrogens with one attached hydrogen (secondary N) is 1. The molecule has 1 N–H and O–H groups in total. The first kappa shape index (κ1) is 17.5. The zero-order chi connectivity index (χ0) is 15.9. The molecule has 120 valence electrons. The minimum Gasteiger partial charge on any atom is -0.444 e. The summed E-state index contributed by atoms with van der Waals surface area (Å²) in [5.74, 6) is 0. The van der Waals surface area contributed by atoms with Crippen LogP contribution in [0.25, 0.3) is 0 Å². The first-order valence-electron chi connectivity index (χ1n) is 7.38. The maximum Gasteiger partial charge on any atom is 0.407 e. The number of imidazole rings is 1. The number of nitrogens with zero attached hydrogens (tertiary/aromatic N) is 2. The van der Waals surface area contributed by atoms with E-state index in [4.69, 9.17) is 9.47 Å². The molecular weight excluding hydrogens is 270 g/mol. The number of aromatic nitrogens is 2. The second-order valence-corrected chi connectivity index (χ2v) is 5.98. The van der Waals surface area contributed by atoms with Crippen molar-refractivity contribution in [1.29, 1.82) is 0 Å². The predicted octanol–water partition coefficient (Wildman–Crippen LogP) is 2.55. The molecule has 1 aromatic heterocycles. The highest BCUT2D eigenvalue weighted by Crippen LogP contribution is 2.11. The minimum absolute atomic E-state index is 0.226. The molecule has 0 radical (unpaired) electrons. The first-order chi connectivity index (χ1) is 9.83. The quantitative estimate of drug-likeness (QED) is 0.840. The van der Waals surface area contributed by atoms with E-state index in [-0.39, 0.29) is 6.04 Å². The molecule has 1 heterocycles. The van der Waals surface area contributed by atoms with Gasteiger partial charge >= 0.3 is 6.09 Å². The maximum atomic E-state index is 11.6. The molecule has 1 amide bonds. The van der Waals surface area contributed by atoms with Crippen molar-refractivity contribution in [2.45, 2.75) is 52.7 Å². The summed E-state index contributed by atoms with van der Waals surface area (Å²) >= 11 is 0. The SMILES string of the molecule is CCOCC(C)n1cncc1CCNC(=O)OC(C)(C)C. The molecule has 21 heavy (non-hydrogen) atoms. The van der Waals surface area contributed by atoms with Crippen LogP contribution in [0.3, 0.4) is 0 Å². The lowest BCUT2D eigenvalue weighted by Gasteiger charge is -2.20. The van der Waals surface area contributed by atoms with E-state index in [0.717, 1.165) is 5.69 Å². The maximum absolute atomic E-state index is 11.6. The van der Waals surface area contributed by atoms with E-state index in [1.807, 2.05) is 33.9 Å². The first-order valence-corrected chi connectivity index (χ1v) is 7.38. The molecule has 6 heteroatoms. The Bertz CT molecular complexity index is 438. The second-order valence-electron chi connectivity index (χ2n) is 5.98. The smallest absolute Gasteiger partial charge is 0.407 e. The Labute approximate surface area is 126 Å². The van der Waals surface area contributed by atoms with Crippen LogP contribution >= 0.6 is 0 Å². The monoisotopic (exact) mass is 297 g/mol. The molecule has 1 rings (SSSR count). The Hall–Kier alpha value is -1.56. The van der Waals surface area contributed by atoms with Crippen molar-refractivity contribution in [2.24, 2.45) is 0 Å². The van der Waals surface area contributed by atoms with Crippen LogP contribution in [0.15, 0.2) is 12.5 Å². The van der Waals surface area contributed by atoms with Crippen LogP contribution in [0, 0.1) is 0 Å². The van der Waals surface area contributed by atoms with E-state index in [2.05, 4.69) is 21.8 Å². The van der Waals surface area contributed by atoms with E-state index in [9.17, 15) is 4.79 Å². The highest BCUT2D eigenvalue weighted by Gasteiger charge is 2.16. The summed E-state index contributed by atoms with van der Waals surface area (Å²) in [7, 11) is 0. The third kappa shape index (κ3) is 6.62. The van der Waals surface area contributed by atoms with Crippen molar-refractivity contribution in [2.75, 3.05) is 19.8 Å². The molecule has 1 atom stereocenters. The van der Waals surface area contributed by atoms with Crippen molar-refractivity contribution in [3.05, 3.63) is 18.2 Å². The third-order valence-electron chi connectivity index (χ3n) is 2.83. The van der Waals surface area contributed by atoms with Crippen molar-refractivity contribution in [3.63, 3.8) is 0 Å². The van der Waals surface area contributed by atoms with Crippen LogP contribution in [0.1, 0.15) is 46.4 Å². The normalized spacial score (nSPS) is 13.0. The molecule has 0 aliphatic carbocycles. The van der Waals surface area contributed by atoms with Gasteiger partial charge in [-0.2, -0.15) is 0 Å². The molecule has 1 unspecified atom stereocenters. The van der Waals surface area contributed by atoms with Gasteiger partial charge in [0.15, 0.2) is 0 Å². The van der Waals surface area contributed by atoms with Gasteiger partial charge in [-0.15, -0.1) is 0 Å². The largest absolute Gasteiger partial charge is 0.444 e. The number of carbonyl (C=O) groups is 1. The second kappa shape index (κ2) is 8.02. The Morgan fingerprint density at radius 3 is 2.81 bits per heavy atom. The average molecular weight is 297 g/mol. The number of carbonyl (C=O) groups excluding carboxylic acids is 1. The predicted molar refractivity (Wildman–Crippen MR) is 81.4 cm³/mol. The van der Waals surface area contributed by atoms with Gasteiger partial charge in [-0.05, 0) is 34.6 Å². The van der Waals surface area contributed by atoms with Crippen LogP contribution in [-0.2, 0) is 15.9 Å². The standard InChI is InChI=1S/C15H27N3O3/c1-6-20-10-12(2)18-11-16-9-13(18)7-8-17-14(19)21-15(3,4)5/h9,11-12H,6-8,10H2,1-5H3,(H,17,19). The molecule has 6 nitrogen and oxygen atoms in total.